The van der Waals surface area contributed by atoms with Crippen LogP contribution in [0.15, 0.2) is 35.9 Å². The standard InChI is InChI=1S/C15H15N3O2S/c1-11-9-13(18(19)20)10-16-15(11)17-6-4-12(5-7-17)14-3-2-8-21-14/h2-4,8-10H,5-7H2,1H3. The first-order valence-electron chi connectivity index (χ1n) is 6.74. The first-order valence-corrected chi connectivity index (χ1v) is 7.62. The van der Waals surface area contributed by atoms with Crippen LogP contribution in [0.5, 0.6) is 0 Å². The minimum absolute atomic E-state index is 0.0445. The zero-order chi connectivity index (χ0) is 14.8. The van der Waals surface area contributed by atoms with E-state index in [2.05, 4.69) is 33.5 Å². The summed E-state index contributed by atoms with van der Waals surface area (Å²) >= 11 is 1.76. The predicted molar refractivity (Wildman–Crippen MR) is 84.8 cm³/mol. The van der Waals surface area contributed by atoms with Gasteiger partial charge in [-0.1, -0.05) is 12.1 Å². The second kappa shape index (κ2) is 5.65. The summed E-state index contributed by atoms with van der Waals surface area (Å²) in [6, 6.07) is 5.79. The zero-order valence-corrected chi connectivity index (χ0v) is 12.5. The molecule has 21 heavy (non-hydrogen) atoms. The van der Waals surface area contributed by atoms with Gasteiger partial charge in [0.25, 0.3) is 5.69 Å². The van der Waals surface area contributed by atoms with Crippen molar-refractivity contribution in [1.29, 1.82) is 0 Å². The van der Waals surface area contributed by atoms with Crippen LogP contribution >= 0.6 is 11.3 Å². The van der Waals surface area contributed by atoms with Crippen LogP contribution in [0, 0.1) is 17.0 Å². The van der Waals surface area contributed by atoms with E-state index in [0.29, 0.717) is 0 Å². The van der Waals surface area contributed by atoms with Gasteiger partial charge in [-0.25, -0.2) is 4.98 Å². The molecule has 2 aromatic rings. The second-order valence-corrected chi connectivity index (χ2v) is 5.94. The van der Waals surface area contributed by atoms with Gasteiger partial charge in [0.05, 0.1) is 4.92 Å². The Bertz CT molecular complexity index is 695. The Morgan fingerprint density at radius 1 is 1.48 bits per heavy atom. The molecule has 0 amide bonds. The SMILES string of the molecule is Cc1cc([N+](=O)[O-])cnc1N1CC=C(c2cccs2)CC1. The normalized spacial score (nSPS) is 14.9. The number of hydrogen-bond acceptors (Lipinski definition) is 5. The van der Waals surface area contributed by atoms with Crippen LogP contribution in [-0.4, -0.2) is 23.0 Å². The molecular formula is C15H15N3O2S. The number of aryl methyl sites for hydroxylation is 1. The molecule has 0 saturated heterocycles. The van der Waals surface area contributed by atoms with Crippen LogP contribution in [0.25, 0.3) is 5.57 Å². The third-order valence-electron chi connectivity index (χ3n) is 3.59. The fraction of sp³-hybridized carbons (Fsp3) is 0.267. The molecule has 6 heteroatoms. The number of hydrogen-bond donors (Lipinski definition) is 0. The van der Waals surface area contributed by atoms with Crippen LogP contribution in [0.3, 0.4) is 0 Å². The van der Waals surface area contributed by atoms with E-state index in [1.807, 2.05) is 6.92 Å². The first-order chi connectivity index (χ1) is 10.1. The van der Waals surface area contributed by atoms with Gasteiger partial charge in [0.15, 0.2) is 0 Å². The summed E-state index contributed by atoms with van der Waals surface area (Å²) < 4.78 is 0. The molecule has 0 radical (unpaired) electrons. The molecule has 0 spiro atoms. The van der Waals surface area contributed by atoms with Gasteiger partial charge < -0.3 is 4.90 Å². The monoisotopic (exact) mass is 301 g/mol. The minimum Gasteiger partial charge on any atom is -0.352 e. The van der Waals surface area contributed by atoms with Gasteiger partial charge in [-0.2, -0.15) is 0 Å². The number of nitrogens with zero attached hydrogens (tertiary/aromatic N) is 3. The van der Waals surface area contributed by atoms with Crippen molar-refractivity contribution >= 4 is 28.4 Å². The van der Waals surface area contributed by atoms with Gasteiger partial charge >= 0.3 is 0 Å². The van der Waals surface area contributed by atoms with Crippen LogP contribution in [-0.2, 0) is 0 Å². The molecule has 1 aliphatic rings. The highest BCUT2D eigenvalue weighted by molar-refractivity contribution is 7.11. The van der Waals surface area contributed by atoms with E-state index in [9.17, 15) is 10.1 Å². The van der Waals surface area contributed by atoms with Crippen molar-refractivity contribution in [3.63, 3.8) is 0 Å². The molecule has 3 heterocycles. The van der Waals surface area contributed by atoms with Crippen molar-refractivity contribution in [2.24, 2.45) is 0 Å². The lowest BCUT2D eigenvalue weighted by Gasteiger charge is -2.28. The van der Waals surface area contributed by atoms with Crippen LogP contribution in [0.2, 0.25) is 0 Å². The highest BCUT2D eigenvalue weighted by Crippen LogP contribution is 2.29. The Hall–Kier alpha value is -2.21. The van der Waals surface area contributed by atoms with Gasteiger partial charge in [-0.3, -0.25) is 10.1 Å². The maximum absolute atomic E-state index is 10.8. The van der Waals surface area contributed by atoms with E-state index in [1.54, 1.807) is 17.4 Å². The van der Waals surface area contributed by atoms with E-state index in [1.165, 1.54) is 16.6 Å². The third kappa shape index (κ3) is 2.80. The molecule has 0 N–H and O–H groups in total. The average molecular weight is 301 g/mol. The summed E-state index contributed by atoms with van der Waals surface area (Å²) in [6.07, 6.45) is 4.53. The zero-order valence-electron chi connectivity index (χ0n) is 11.7. The maximum Gasteiger partial charge on any atom is 0.287 e. The molecule has 0 aromatic carbocycles. The van der Waals surface area contributed by atoms with Crippen molar-refractivity contribution in [2.75, 3.05) is 18.0 Å². The fourth-order valence-electron chi connectivity index (χ4n) is 2.53. The lowest BCUT2D eigenvalue weighted by molar-refractivity contribution is -0.385. The number of nitro groups is 1. The summed E-state index contributed by atoms with van der Waals surface area (Å²) in [4.78, 5) is 18.1. The molecule has 0 aliphatic carbocycles. The van der Waals surface area contributed by atoms with E-state index >= 15 is 0 Å². The van der Waals surface area contributed by atoms with E-state index in [4.69, 9.17) is 0 Å². The minimum atomic E-state index is -0.408. The number of anilines is 1. The smallest absolute Gasteiger partial charge is 0.287 e. The summed E-state index contributed by atoms with van der Waals surface area (Å²) in [5.41, 5.74) is 2.26. The third-order valence-corrected chi connectivity index (χ3v) is 4.54. The Morgan fingerprint density at radius 2 is 2.33 bits per heavy atom. The number of pyridine rings is 1. The van der Waals surface area contributed by atoms with Crippen molar-refractivity contribution in [3.8, 4) is 0 Å². The number of thiophene rings is 1. The molecule has 0 unspecified atom stereocenters. The lowest BCUT2D eigenvalue weighted by Crippen LogP contribution is -2.29. The molecule has 0 saturated carbocycles. The van der Waals surface area contributed by atoms with Crippen LogP contribution in [0.4, 0.5) is 11.5 Å². The molecule has 1 aliphatic heterocycles. The molecule has 5 nitrogen and oxygen atoms in total. The van der Waals surface area contributed by atoms with E-state index in [-0.39, 0.29) is 5.69 Å². The quantitative estimate of drug-likeness (QED) is 0.641. The topological polar surface area (TPSA) is 59.3 Å². The van der Waals surface area contributed by atoms with Gasteiger partial charge in [0, 0.05) is 24.0 Å². The second-order valence-electron chi connectivity index (χ2n) is 4.99. The maximum atomic E-state index is 10.8. The van der Waals surface area contributed by atoms with Gasteiger partial charge in [0.2, 0.25) is 0 Å². The van der Waals surface area contributed by atoms with Crippen molar-refractivity contribution < 1.29 is 4.92 Å². The summed E-state index contributed by atoms with van der Waals surface area (Å²) in [7, 11) is 0. The molecular weight excluding hydrogens is 286 g/mol. The Morgan fingerprint density at radius 3 is 2.90 bits per heavy atom. The Balaban J connectivity index is 1.79. The average Bonchev–Trinajstić information content (AvgIpc) is 3.01. The van der Waals surface area contributed by atoms with Crippen LogP contribution < -0.4 is 4.90 Å². The Labute approximate surface area is 126 Å². The molecule has 0 bridgehead atoms. The van der Waals surface area contributed by atoms with Crippen molar-refractivity contribution in [3.05, 3.63) is 56.4 Å². The van der Waals surface area contributed by atoms with E-state index in [0.717, 1.165) is 30.9 Å². The number of aromatic nitrogens is 1. The van der Waals surface area contributed by atoms with Crippen LogP contribution in [0.1, 0.15) is 16.9 Å². The molecule has 0 atom stereocenters. The molecule has 108 valence electrons. The predicted octanol–water partition coefficient (Wildman–Crippen LogP) is 3.65. The van der Waals surface area contributed by atoms with Crippen molar-refractivity contribution in [1.82, 2.24) is 4.98 Å². The van der Waals surface area contributed by atoms with Gasteiger partial charge in [-0.15, -0.1) is 11.3 Å². The Kier molecular flexibility index (Phi) is 3.70. The molecule has 0 fully saturated rings. The molecule has 3 rings (SSSR count). The summed E-state index contributed by atoms with van der Waals surface area (Å²) in [5, 5.41) is 12.8. The van der Waals surface area contributed by atoms with Gasteiger partial charge in [0.1, 0.15) is 12.0 Å². The summed E-state index contributed by atoms with van der Waals surface area (Å²) in [5.74, 6) is 0.835. The number of rotatable bonds is 3. The van der Waals surface area contributed by atoms with Crippen molar-refractivity contribution in [2.45, 2.75) is 13.3 Å². The largest absolute Gasteiger partial charge is 0.352 e. The highest BCUT2D eigenvalue weighted by atomic mass is 32.1. The highest BCUT2D eigenvalue weighted by Gasteiger charge is 2.18. The molecule has 2 aromatic heterocycles. The summed E-state index contributed by atoms with van der Waals surface area (Å²) in [6.45, 7) is 3.54. The van der Waals surface area contributed by atoms with E-state index < -0.39 is 4.92 Å². The van der Waals surface area contributed by atoms with Gasteiger partial charge in [-0.05, 0) is 35.9 Å². The lowest BCUT2D eigenvalue weighted by atomic mass is 10.1. The fourth-order valence-corrected chi connectivity index (χ4v) is 3.33. The first kappa shape index (κ1) is 13.8.